The Kier molecular flexibility index (Phi) is 15.4. The van der Waals surface area contributed by atoms with Gasteiger partial charge in [0, 0.05) is 28.6 Å². The summed E-state index contributed by atoms with van der Waals surface area (Å²) in [6.45, 7) is 6.98. The summed E-state index contributed by atoms with van der Waals surface area (Å²) in [6.07, 6.45) is -0.664. The number of benzene rings is 3. The molecule has 1 aliphatic rings. The third kappa shape index (κ3) is 12.0. The number of anilines is 3. The van der Waals surface area contributed by atoms with Crippen molar-refractivity contribution in [3.8, 4) is 11.8 Å². The summed E-state index contributed by atoms with van der Waals surface area (Å²) in [7, 11) is -5.01. The second-order valence-corrected chi connectivity index (χ2v) is 17.1. The number of hydrogen-bond donors (Lipinski definition) is 5. The number of primary amides is 1. The van der Waals surface area contributed by atoms with Gasteiger partial charge in [0.15, 0.2) is 0 Å². The fourth-order valence-electron chi connectivity index (χ4n) is 7.85. The van der Waals surface area contributed by atoms with Crippen LogP contribution in [-0.2, 0) is 39.1 Å². The van der Waals surface area contributed by atoms with Crippen LogP contribution in [0.15, 0.2) is 78.9 Å². The lowest BCUT2D eigenvalue weighted by Crippen LogP contribution is -2.51. The molecule has 0 saturated carbocycles. The average Bonchev–Trinajstić information content (AvgIpc) is 3.45. The zero-order valence-electron chi connectivity index (χ0n) is 35.2. The molecule has 0 aliphatic carbocycles. The molecule has 6 atom stereocenters. The van der Waals surface area contributed by atoms with E-state index in [9.17, 15) is 56.9 Å². The lowest BCUT2D eigenvalue weighted by Gasteiger charge is -2.41. The number of nitrogens with one attached hydrogen (secondary N) is 3. The highest BCUT2D eigenvalue weighted by atomic mass is 32.3. The van der Waals surface area contributed by atoms with Crippen molar-refractivity contribution in [2.75, 3.05) is 28.7 Å². The van der Waals surface area contributed by atoms with Crippen LogP contribution in [0.3, 0.4) is 0 Å². The topological polar surface area (TPSA) is 305 Å². The van der Waals surface area contributed by atoms with E-state index in [4.69, 9.17) is 10.5 Å². The van der Waals surface area contributed by atoms with Crippen molar-refractivity contribution in [3.05, 3.63) is 84.4 Å². The molecule has 1 fully saturated rings. The maximum atomic E-state index is 14.3. The second-order valence-electron chi connectivity index (χ2n) is 16.2. The van der Waals surface area contributed by atoms with Gasteiger partial charge in [-0.25, -0.2) is 18.0 Å². The maximum absolute atomic E-state index is 14.3. The van der Waals surface area contributed by atoms with Gasteiger partial charge in [-0.3, -0.25) is 28.9 Å². The van der Waals surface area contributed by atoms with Crippen LogP contribution in [0.4, 0.5) is 21.9 Å². The van der Waals surface area contributed by atoms with Gasteiger partial charge in [0.25, 0.3) is 10.4 Å². The van der Waals surface area contributed by atoms with Crippen molar-refractivity contribution in [2.24, 2.45) is 39.7 Å². The molecular formula is C43H49N6O13S-. The lowest BCUT2D eigenvalue weighted by atomic mass is 9.61. The highest BCUT2D eigenvalue weighted by Crippen LogP contribution is 2.50. The van der Waals surface area contributed by atoms with Crippen molar-refractivity contribution in [1.82, 2.24) is 5.32 Å². The van der Waals surface area contributed by atoms with Crippen molar-refractivity contribution in [1.29, 1.82) is 5.26 Å². The molecule has 1 heterocycles. The first-order valence-electron chi connectivity index (χ1n) is 19.7. The van der Waals surface area contributed by atoms with E-state index in [0.29, 0.717) is 5.69 Å². The first kappa shape index (κ1) is 48.8. The summed E-state index contributed by atoms with van der Waals surface area (Å²) >= 11 is 0. The summed E-state index contributed by atoms with van der Waals surface area (Å²) in [5, 5.41) is 27.5. The summed E-state index contributed by atoms with van der Waals surface area (Å²) in [4.78, 5) is 94.4. The molecule has 1 saturated heterocycles. The number of urea groups is 1. The molecule has 19 nitrogen and oxygen atoms in total. The standard InChI is InChI=1S/C43H50N6O13S/c1-6-41(3,38(55)47-29-14-12-28(13-15-29)36(52)53)22-27(24-44)23-42(4,39(56)61-21-20-46-40(57)48-30-16-18-32(19-17-30)62-63(58,59)60)25-43(5,37(45)54)33-26(2)34(50)49(35(33)51)31-10-8-7-9-11-31/h7-19,26-27,33H,6,20-23,25H2,1-5H3,(H2,45,54)(H,47,55)(H,52,53)(H2,46,48,57)(H,58,59,60)/p-1. The molecule has 3 aromatic carbocycles. The van der Waals surface area contributed by atoms with Crippen LogP contribution in [-0.4, -0.2) is 72.8 Å². The number of aromatic carboxylic acids is 1. The van der Waals surface area contributed by atoms with E-state index in [0.717, 1.165) is 17.0 Å². The number of amides is 6. The Labute approximate surface area is 364 Å². The highest BCUT2D eigenvalue weighted by molar-refractivity contribution is 7.81. The number of nitrogens with zero attached hydrogens (tertiary/aromatic N) is 2. The number of carbonyl (C=O) groups excluding carboxylic acids is 6. The molecule has 3 aromatic rings. The smallest absolute Gasteiger partial charge is 0.335 e. The summed E-state index contributed by atoms with van der Waals surface area (Å²) in [6, 6.07) is 19.8. The normalized spacial score (nSPS) is 18.3. The van der Waals surface area contributed by atoms with Crippen LogP contribution in [0.25, 0.3) is 0 Å². The number of ether oxygens (including phenoxy) is 1. The summed E-state index contributed by atoms with van der Waals surface area (Å²) in [5.41, 5.74) is 1.95. The van der Waals surface area contributed by atoms with Gasteiger partial charge in [0.2, 0.25) is 23.6 Å². The Hall–Kier alpha value is -6.85. The zero-order valence-corrected chi connectivity index (χ0v) is 36.0. The van der Waals surface area contributed by atoms with Gasteiger partial charge in [0.1, 0.15) is 12.4 Å². The van der Waals surface area contributed by atoms with Gasteiger partial charge in [0.05, 0.1) is 40.6 Å². The van der Waals surface area contributed by atoms with Gasteiger partial charge < -0.3 is 40.3 Å². The van der Waals surface area contributed by atoms with E-state index in [1.807, 2.05) is 0 Å². The molecule has 1 aliphatic heterocycles. The van der Waals surface area contributed by atoms with Crippen LogP contribution in [0.1, 0.15) is 70.7 Å². The number of nitriles is 1. The fraction of sp³-hybridized carbons (Fsp3) is 0.395. The van der Waals surface area contributed by atoms with Crippen LogP contribution in [0.2, 0.25) is 0 Å². The largest absolute Gasteiger partial charge is 0.716 e. The third-order valence-corrected chi connectivity index (χ3v) is 11.7. The maximum Gasteiger partial charge on any atom is 0.335 e. The van der Waals surface area contributed by atoms with E-state index in [1.54, 1.807) is 44.2 Å². The summed E-state index contributed by atoms with van der Waals surface area (Å²) < 4.78 is 42.4. The number of para-hydroxylation sites is 1. The van der Waals surface area contributed by atoms with Crippen molar-refractivity contribution in [2.45, 2.75) is 60.3 Å². The monoisotopic (exact) mass is 889 g/mol. The number of imide groups is 1. The molecule has 6 unspecified atom stereocenters. The molecule has 0 aromatic heterocycles. The Morgan fingerprint density at radius 2 is 1.48 bits per heavy atom. The third-order valence-electron chi connectivity index (χ3n) is 11.3. The van der Waals surface area contributed by atoms with Gasteiger partial charge in [-0.1, -0.05) is 39.0 Å². The number of hydrogen-bond acceptors (Lipinski definition) is 13. The van der Waals surface area contributed by atoms with Crippen LogP contribution in [0.5, 0.6) is 5.75 Å². The minimum Gasteiger partial charge on any atom is -0.716 e. The zero-order chi connectivity index (χ0) is 46.9. The number of carboxylic acid groups (broad SMARTS) is 1. The quantitative estimate of drug-likeness (QED) is 0.0341. The first-order chi connectivity index (χ1) is 29.5. The number of carbonyl (C=O) groups is 7. The molecule has 0 radical (unpaired) electrons. The lowest BCUT2D eigenvalue weighted by molar-refractivity contribution is -0.161. The molecule has 6 N–H and O–H groups in total. The van der Waals surface area contributed by atoms with Gasteiger partial charge >= 0.3 is 18.0 Å². The molecule has 6 amide bonds. The highest BCUT2D eigenvalue weighted by Gasteiger charge is 2.59. The van der Waals surface area contributed by atoms with Crippen LogP contribution in [0, 0.1) is 45.3 Å². The minimum absolute atomic E-state index is 0.00718. The Balaban J connectivity index is 1.59. The Bertz CT molecular complexity index is 2370. The average molecular weight is 890 g/mol. The van der Waals surface area contributed by atoms with Gasteiger partial charge in [-0.05, 0) is 100 Å². The first-order valence-corrected chi connectivity index (χ1v) is 21.0. The fourth-order valence-corrected chi connectivity index (χ4v) is 8.20. The number of esters is 1. The Morgan fingerprint density at radius 1 is 0.905 bits per heavy atom. The van der Waals surface area contributed by atoms with Crippen molar-refractivity contribution >= 4 is 69.1 Å². The molecule has 20 heteroatoms. The summed E-state index contributed by atoms with van der Waals surface area (Å²) in [5.74, 6) is -8.63. The van der Waals surface area contributed by atoms with Crippen LogP contribution >= 0.6 is 0 Å². The van der Waals surface area contributed by atoms with Crippen molar-refractivity contribution < 1.29 is 60.6 Å². The Morgan fingerprint density at radius 3 is 2.02 bits per heavy atom. The second kappa shape index (κ2) is 19.9. The predicted octanol–water partition coefficient (Wildman–Crippen LogP) is 4.58. The number of nitrogens with two attached hydrogens (primary N) is 1. The van der Waals surface area contributed by atoms with E-state index in [-0.39, 0.29) is 48.5 Å². The van der Waals surface area contributed by atoms with Gasteiger partial charge in [-0.15, -0.1) is 0 Å². The SMILES string of the molecule is CCC(C)(CC(C#N)CC(C)(CC(C)(C(N)=O)C1C(=O)N(c2ccccc2)C(=O)C1C)C(=O)OCCNC(=O)Nc1ccc(OS(=O)(=O)[O-])cc1)C(=O)Nc1ccc(C(=O)O)cc1. The van der Waals surface area contributed by atoms with Crippen LogP contribution < -0.4 is 30.8 Å². The van der Waals surface area contributed by atoms with E-state index in [2.05, 4.69) is 26.2 Å². The minimum atomic E-state index is -5.01. The molecule has 63 heavy (non-hydrogen) atoms. The molecule has 336 valence electrons. The molecular weight excluding hydrogens is 841 g/mol. The van der Waals surface area contributed by atoms with Gasteiger partial charge in [-0.2, -0.15) is 5.26 Å². The van der Waals surface area contributed by atoms with Crippen molar-refractivity contribution in [3.63, 3.8) is 0 Å². The van der Waals surface area contributed by atoms with E-state index < -0.39 is 99.0 Å². The molecule has 0 spiro atoms. The molecule has 0 bridgehead atoms. The van der Waals surface area contributed by atoms with E-state index in [1.165, 1.54) is 57.2 Å². The molecule has 4 rings (SSSR count). The number of rotatable bonds is 20. The number of carboxylic acids is 1. The van der Waals surface area contributed by atoms with E-state index >= 15 is 0 Å². The predicted molar refractivity (Wildman–Crippen MR) is 225 cm³/mol.